The summed E-state index contributed by atoms with van der Waals surface area (Å²) in [5, 5.41) is 15.4. The highest BCUT2D eigenvalue weighted by Gasteiger charge is 2.15. The van der Waals surface area contributed by atoms with Gasteiger partial charge in [0.15, 0.2) is 0 Å². The van der Waals surface area contributed by atoms with Gasteiger partial charge in [-0.1, -0.05) is 46.4 Å². The van der Waals surface area contributed by atoms with E-state index in [1.165, 1.54) is 18.2 Å². The van der Waals surface area contributed by atoms with E-state index in [1.807, 2.05) is 0 Å². The van der Waals surface area contributed by atoms with Gasteiger partial charge in [-0.2, -0.15) is 0 Å². The Morgan fingerprint density at radius 3 is 2.38 bits per heavy atom. The van der Waals surface area contributed by atoms with E-state index < -0.39 is 4.92 Å². The summed E-state index contributed by atoms with van der Waals surface area (Å²) in [7, 11) is 0. The van der Waals surface area contributed by atoms with Crippen molar-refractivity contribution < 1.29 is 4.92 Å². The number of hydrogen-bond acceptors (Lipinski definition) is 3. The van der Waals surface area contributed by atoms with Crippen LogP contribution in [-0.4, -0.2) is 4.92 Å². The van der Waals surface area contributed by atoms with Gasteiger partial charge in [-0.05, 0) is 24.3 Å². The molecule has 21 heavy (non-hydrogen) atoms. The lowest BCUT2D eigenvalue weighted by Gasteiger charge is -2.11. The number of nitro benzene ring substituents is 1. The van der Waals surface area contributed by atoms with E-state index in [2.05, 4.69) is 5.32 Å². The number of hydrogen-bond donors (Lipinski definition) is 1. The highest BCUT2D eigenvalue weighted by Crippen LogP contribution is 2.33. The standard InChI is InChI=1S/C13H8Cl4N2O2/c14-7-1-4-12(19(20)21)11(5-7)18-6-8-9(15)2-3-10(16)13(8)17/h1-5,18H,6H2. The van der Waals surface area contributed by atoms with Crippen LogP contribution >= 0.6 is 46.4 Å². The van der Waals surface area contributed by atoms with E-state index in [1.54, 1.807) is 12.1 Å². The van der Waals surface area contributed by atoms with E-state index in [4.69, 9.17) is 46.4 Å². The molecule has 0 aromatic heterocycles. The molecule has 0 amide bonds. The largest absolute Gasteiger partial charge is 0.375 e. The average molecular weight is 366 g/mol. The van der Waals surface area contributed by atoms with Crippen molar-refractivity contribution in [2.24, 2.45) is 0 Å². The van der Waals surface area contributed by atoms with Gasteiger partial charge in [-0.15, -0.1) is 0 Å². The molecule has 2 aromatic rings. The van der Waals surface area contributed by atoms with E-state index >= 15 is 0 Å². The average Bonchev–Trinajstić information content (AvgIpc) is 2.43. The fraction of sp³-hybridized carbons (Fsp3) is 0.0769. The van der Waals surface area contributed by atoms with Gasteiger partial charge in [0.25, 0.3) is 5.69 Å². The quantitative estimate of drug-likeness (QED) is 0.421. The minimum Gasteiger partial charge on any atom is -0.375 e. The first-order valence-electron chi connectivity index (χ1n) is 5.70. The van der Waals surface area contributed by atoms with Gasteiger partial charge < -0.3 is 5.32 Å². The van der Waals surface area contributed by atoms with E-state index in [0.29, 0.717) is 25.7 Å². The second-order valence-electron chi connectivity index (χ2n) is 4.09. The fourth-order valence-electron chi connectivity index (χ4n) is 1.72. The summed E-state index contributed by atoms with van der Waals surface area (Å²) < 4.78 is 0. The van der Waals surface area contributed by atoms with Crippen LogP contribution in [0.15, 0.2) is 30.3 Å². The summed E-state index contributed by atoms with van der Waals surface area (Å²) in [6.45, 7) is 0.180. The molecule has 2 aromatic carbocycles. The van der Waals surface area contributed by atoms with Crippen molar-refractivity contribution in [3.8, 4) is 0 Å². The number of nitro groups is 1. The van der Waals surface area contributed by atoms with Crippen LogP contribution < -0.4 is 5.32 Å². The third kappa shape index (κ3) is 3.71. The predicted octanol–water partition coefficient (Wildman–Crippen LogP) is 5.82. The second-order valence-corrected chi connectivity index (χ2v) is 5.72. The molecule has 110 valence electrons. The number of nitrogens with one attached hydrogen (secondary N) is 1. The monoisotopic (exact) mass is 364 g/mol. The van der Waals surface area contributed by atoms with Crippen LogP contribution in [-0.2, 0) is 6.54 Å². The van der Waals surface area contributed by atoms with Crippen molar-refractivity contribution in [2.75, 3.05) is 5.32 Å². The van der Waals surface area contributed by atoms with Gasteiger partial charge in [0.05, 0.1) is 15.0 Å². The Morgan fingerprint density at radius 1 is 1.05 bits per heavy atom. The molecule has 4 nitrogen and oxygen atoms in total. The Kier molecular flexibility index (Phi) is 5.17. The van der Waals surface area contributed by atoms with Crippen LogP contribution in [0.4, 0.5) is 11.4 Å². The minimum absolute atomic E-state index is 0.0892. The number of anilines is 1. The first kappa shape index (κ1) is 16.2. The molecule has 0 unspecified atom stereocenters. The first-order chi connectivity index (χ1) is 9.90. The Morgan fingerprint density at radius 2 is 1.71 bits per heavy atom. The highest BCUT2D eigenvalue weighted by atomic mass is 35.5. The van der Waals surface area contributed by atoms with Crippen molar-refractivity contribution in [1.82, 2.24) is 0 Å². The van der Waals surface area contributed by atoms with Crippen molar-refractivity contribution in [3.63, 3.8) is 0 Å². The molecular weight excluding hydrogens is 358 g/mol. The van der Waals surface area contributed by atoms with Gasteiger partial charge in [0, 0.05) is 28.2 Å². The van der Waals surface area contributed by atoms with E-state index in [9.17, 15) is 10.1 Å². The molecule has 0 aliphatic rings. The molecule has 0 saturated heterocycles. The molecule has 2 rings (SSSR count). The van der Waals surface area contributed by atoms with Crippen LogP contribution in [0.1, 0.15) is 5.56 Å². The second kappa shape index (κ2) is 6.71. The summed E-state index contributed by atoms with van der Waals surface area (Å²) in [6, 6.07) is 7.43. The van der Waals surface area contributed by atoms with E-state index in [-0.39, 0.29) is 17.9 Å². The van der Waals surface area contributed by atoms with Gasteiger partial charge in [0.1, 0.15) is 5.69 Å². The molecule has 0 saturated carbocycles. The summed E-state index contributed by atoms with van der Waals surface area (Å²) in [5.41, 5.74) is 0.744. The smallest absolute Gasteiger partial charge is 0.292 e. The zero-order chi connectivity index (χ0) is 15.6. The Bertz CT molecular complexity index is 707. The zero-order valence-electron chi connectivity index (χ0n) is 10.4. The molecule has 0 atom stereocenters. The van der Waals surface area contributed by atoms with Crippen LogP contribution in [0.3, 0.4) is 0 Å². The maximum Gasteiger partial charge on any atom is 0.292 e. The third-order valence-electron chi connectivity index (χ3n) is 2.75. The number of rotatable bonds is 4. The molecular formula is C13H8Cl4N2O2. The summed E-state index contributed by atoms with van der Waals surface area (Å²) >= 11 is 23.9. The lowest BCUT2D eigenvalue weighted by Crippen LogP contribution is -2.04. The molecule has 0 radical (unpaired) electrons. The number of benzene rings is 2. The molecule has 8 heteroatoms. The predicted molar refractivity (Wildman–Crippen MR) is 86.9 cm³/mol. The van der Waals surface area contributed by atoms with Gasteiger partial charge in [0.2, 0.25) is 0 Å². The van der Waals surface area contributed by atoms with Gasteiger partial charge in [-0.3, -0.25) is 10.1 Å². The maximum absolute atomic E-state index is 11.0. The Labute approximate surface area is 140 Å². The highest BCUT2D eigenvalue weighted by molar-refractivity contribution is 6.44. The molecule has 1 N–H and O–H groups in total. The Hall–Kier alpha value is -1.20. The summed E-state index contributed by atoms with van der Waals surface area (Å²) in [4.78, 5) is 10.5. The SMILES string of the molecule is O=[N+]([O-])c1ccc(Cl)cc1NCc1c(Cl)ccc(Cl)c1Cl. The molecule has 0 aliphatic carbocycles. The van der Waals surface area contributed by atoms with Crippen LogP contribution in [0.5, 0.6) is 0 Å². The Balaban J connectivity index is 2.31. The van der Waals surface area contributed by atoms with Crippen molar-refractivity contribution in [3.05, 3.63) is 66.1 Å². The summed E-state index contributed by atoms with van der Waals surface area (Å²) in [5.74, 6) is 0. The van der Waals surface area contributed by atoms with Crippen molar-refractivity contribution in [2.45, 2.75) is 6.54 Å². The zero-order valence-corrected chi connectivity index (χ0v) is 13.4. The number of nitrogens with zero attached hydrogens (tertiary/aromatic N) is 1. The maximum atomic E-state index is 11.0. The van der Waals surface area contributed by atoms with Crippen LogP contribution in [0, 0.1) is 10.1 Å². The van der Waals surface area contributed by atoms with Crippen LogP contribution in [0.2, 0.25) is 20.1 Å². The lowest BCUT2D eigenvalue weighted by atomic mass is 10.2. The lowest BCUT2D eigenvalue weighted by molar-refractivity contribution is -0.384. The molecule has 0 fully saturated rings. The van der Waals surface area contributed by atoms with Crippen molar-refractivity contribution >= 4 is 57.8 Å². The number of halogens is 4. The fourth-order valence-corrected chi connectivity index (χ4v) is 2.58. The normalized spacial score (nSPS) is 10.5. The van der Waals surface area contributed by atoms with Crippen LogP contribution in [0.25, 0.3) is 0 Å². The summed E-state index contributed by atoms with van der Waals surface area (Å²) in [6.07, 6.45) is 0. The first-order valence-corrected chi connectivity index (χ1v) is 7.21. The third-order valence-corrected chi connectivity index (χ3v) is 4.18. The molecule has 0 heterocycles. The van der Waals surface area contributed by atoms with Crippen molar-refractivity contribution in [1.29, 1.82) is 0 Å². The van der Waals surface area contributed by atoms with Gasteiger partial charge in [-0.25, -0.2) is 0 Å². The van der Waals surface area contributed by atoms with E-state index in [0.717, 1.165) is 0 Å². The van der Waals surface area contributed by atoms with Gasteiger partial charge >= 0.3 is 0 Å². The topological polar surface area (TPSA) is 55.2 Å². The molecule has 0 aliphatic heterocycles. The molecule has 0 spiro atoms. The minimum atomic E-state index is -0.500. The molecule has 0 bridgehead atoms.